The van der Waals surface area contributed by atoms with Crippen LogP contribution in [0.2, 0.25) is 0 Å². The third-order valence-electron chi connectivity index (χ3n) is 9.04. The average Bonchev–Trinajstić information content (AvgIpc) is 3.52. The molecule has 1 aliphatic heterocycles. The van der Waals surface area contributed by atoms with Crippen molar-refractivity contribution in [3.63, 3.8) is 0 Å². The zero-order valence-electron chi connectivity index (χ0n) is 30.3. The fraction of sp³-hybridized carbons (Fsp3) is 0.639. The van der Waals surface area contributed by atoms with Gasteiger partial charge in [-0.3, -0.25) is 28.8 Å². The number of β-amino-alcohol motifs (C(OH)–C–C–N with tert-alkyl or cyclic N) is 1. The van der Waals surface area contributed by atoms with Crippen molar-refractivity contribution >= 4 is 41.4 Å². The lowest BCUT2D eigenvalue weighted by atomic mass is 9.83. The van der Waals surface area contributed by atoms with Crippen LogP contribution in [-0.4, -0.2) is 114 Å². The molecule has 51 heavy (non-hydrogen) atoms. The summed E-state index contributed by atoms with van der Waals surface area (Å²) in [5.41, 5.74) is 0.536. The molecule has 1 aromatic carbocycles. The topological polar surface area (TPSA) is 204 Å². The van der Waals surface area contributed by atoms with Gasteiger partial charge in [0.2, 0.25) is 29.4 Å². The third-order valence-corrected chi connectivity index (χ3v) is 9.04. The number of ether oxygens (including phenoxy) is 1. The predicted octanol–water partition coefficient (Wildman–Crippen LogP) is 1.20. The minimum atomic E-state index is -1.27. The molecule has 1 saturated heterocycles. The molecule has 1 heterocycles. The molecule has 1 aliphatic carbocycles. The number of likely N-dealkylation sites (N-methyl/N-ethyl adjacent to an activating group) is 1. The summed E-state index contributed by atoms with van der Waals surface area (Å²) in [5, 5.41) is 20.7. The first kappa shape index (κ1) is 40.9. The lowest BCUT2D eigenvalue weighted by Gasteiger charge is -2.34. The Hall–Kier alpha value is -4.53. The van der Waals surface area contributed by atoms with E-state index in [1.165, 1.54) is 9.80 Å². The van der Waals surface area contributed by atoms with Crippen molar-refractivity contribution in [2.75, 3.05) is 33.8 Å². The van der Waals surface area contributed by atoms with E-state index in [0.717, 1.165) is 19.3 Å². The number of aliphatic hydroxyl groups is 1. The van der Waals surface area contributed by atoms with E-state index in [2.05, 4.69) is 21.3 Å². The molecule has 5 atom stereocenters. The summed E-state index contributed by atoms with van der Waals surface area (Å²) in [7, 11) is 3.09. The monoisotopic (exact) mass is 714 g/mol. The van der Waals surface area contributed by atoms with E-state index in [1.54, 1.807) is 51.4 Å². The molecule has 0 spiro atoms. The van der Waals surface area contributed by atoms with Crippen molar-refractivity contribution in [1.82, 2.24) is 31.1 Å². The Balaban J connectivity index is 1.67. The van der Waals surface area contributed by atoms with Crippen LogP contribution >= 0.6 is 0 Å². The van der Waals surface area contributed by atoms with Crippen LogP contribution in [-0.2, 0) is 33.5 Å². The average molecular weight is 715 g/mol. The molecule has 1 aromatic rings. The Morgan fingerprint density at radius 2 is 1.63 bits per heavy atom. The predicted molar refractivity (Wildman–Crippen MR) is 187 cm³/mol. The second-order valence-corrected chi connectivity index (χ2v) is 13.9. The normalized spacial score (nSPS) is 19.3. The number of likely N-dealkylation sites (tertiary alicyclic amines) is 1. The van der Waals surface area contributed by atoms with E-state index >= 15 is 0 Å². The molecule has 282 valence electrons. The SMILES string of the molecule is CCCC(NC(=O)C1C[C@@H](O)CN1C(=O)[C@@H](NC(=O)OCC(C)C)C1CCCCC1)C(=O)C(=O)NCC(=O)N[C@H](C(=O)N(C)C)c1ccccc1. The Morgan fingerprint density at radius 3 is 2.24 bits per heavy atom. The molecule has 5 N–H and O–H groups in total. The Labute approximate surface area is 299 Å². The Morgan fingerprint density at radius 1 is 0.961 bits per heavy atom. The number of rotatable bonds is 16. The van der Waals surface area contributed by atoms with Crippen molar-refractivity contribution < 1.29 is 43.4 Å². The highest BCUT2D eigenvalue weighted by molar-refractivity contribution is 6.38. The summed E-state index contributed by atoms with van der Waals surface area (Å²) in [6, 6.07) is 4.16. The van der Waals surface area contributed by atoms with Crippen molar-refractivity contribution in [1.29, 1.82) is 0 Å². The van der Waals surface area contributed by atoms with Gasteiger partial charge >= 0.3 is 6.09 Å². The Kier molecular flexibility index (Phi) is 15.8. The fourth-order valence-corrected chi connectivity index (χ4v) is 6.38. The van der Waals surface area contributed by atoms with E-state index < -0.39 is 72.3 Å². The second-order valence-electron chi connectivity index (χ2n) is 13.9. The molecular formula is C36H54N6O9. The molecule has 0 aromatic heterocycles. The van der Waals surface area contributed by atoms with Gasteiger partial charge in [0.15, 0.2) is 0 Å². The molecule has 2 unspecified atom stereocenters. The highest BCUT2D eigenvalue weighted by Crippen LogP contribution is 2.29. The summed E-state index contributed by atoms with van der Waals surface area (Å²) < 4.78 is 5.29. The number of ketones is 1. The molecule has 0 bridgehead atoms. The summed E-state index contributed by atoms with van der Waals surface area (Å²) in [6.45, 7) is 4.96. The summed E-state index contributed by atoms with van der Waals surface area (Å²) in [6.07, 6.45) is 2.84. The van der Waals surface area contributed by atoms with Gasteiger partial charge in [-0.25, -0.2) is 4.79 Å². The second kappa shape index (κ2) is 19.8. The zero-order chi connectivity index (χ0) is 37.7. The maximum Gasteiger partial charge on any atom is 0.407 e. The number of alkyl carbamates (subject to hydrolysis) is 1. The maximum absolute atomic E-state index is 14.0. The van der Waals surface area contributed by atoms with Gasteiger partial charge in [-0.05, 0) is 36.7 Å². The number of nitrogens with one attached hydrogen (secondary N) is 4. The van der Waals surface area contributed by atoms with Gasteiger partial charge in [0.05, 0.1) is 25.3 Å². The van der Waals surface area contributed by atoms with Crippen molar-refractivity contribution in [3.8, 4) is 0 Å². The minimum Gasteiger partial charge on any atom is -0.449 e. The fourth-order valence-electron chi connectivity index (χ4n) is 6.38. The van der Waals surface area contributed by atoms with Crippen LogP contribution in [0.5, 0.6) is 0 Å². The van der Waals surface area contributed by atoms with Gasteiger partial charge in [0.1, 0.15) is 18.1 Å². The van der Waals surface area contributed by atoms with Crippen LogP contribution in [0.3, 0.4) is 0 Å². The number of hydrogen-bond donors (Lipinski definition) is 5. The number of hydrogen-bond acceptors (Lipinski definition) is 9. The molecular weight excluding hydrogens is 660 g/mol. The molecule has 3 rings (SSSR count). The first-order valence-corrected chi connectivity index (χ1v) is 17.8. The number of Topliss-reactive ketones (excluding diaryl/α,β-unsaturated/α-hetero) is 1. The number of aliphatic hydroxyl groups excluding tert-OH is 1. The first-order valence-electron chi connectivity index (χ1n) is 17.8. The molecule has 2 aliphatic rings. The molecule has 0 radical (unpaired) electrons. The summed E-state index contributed by atoms with van der Waals surface area (Å²) in [5.74, 6) is -4.55. The number of nitrogens with zero attached hydrogens (tertiary/aromatic N) is 2. The maximum atomic E-state index is 14.0. The van der Waals surface area contributed by atoms with Crippen molar-refractivity contribution in [2.24, 2.45) is 11.8 Å². The van der Waals surface area contributed by atoms with Gasteiger partial charge in [-0.1, -0.05) is 76.8 Å². The first-order chi connectivity index (χ1) is 24.2. The third kappa shape index (κ3) is 12.0. The molecule has 6 amide bonds. The largest absolute Gasteiger partial charge is 0.449 e. The van der Waals surface area contributed by atoms with E-state index in [-0.39, 0.29) is 43.7 Å². The van der Waals surface area contributed by atoms with E-state index in [4.69, 9.17) is 4.74 Å². The van der Waals surface area contributed by atoms with Crippen molar-refractivity contribution in [2.45, 2.75) is 102 Å². The number of benzene rings is 1. The van der Waals surface area contributed by atoms with Crippen LogP contribution in [0.4, 0.5) is 4.79 Å². The number of carbonyl (C=O) groups is 7. The molecule has 1 saturated carbocycles. The lowest BCUT2D eigenvalue weighted by Crippen LogP contribution is -2.58. The van der Waals surface area contributed by atoms with Gasteiger partial charge in [0, 0.05) is 27.1 Å². The highest BCUT2D eigenvalue weighted by Gasteiger charge is 2.44. The van der Waals surface area contributed by atoms with E-state index in [0.29, 0.717) is 24.8 Å². The lowest BCUT2D eigenvalue weighted by molar-refractivity contribution is -0.143. The van der Waals surface area contributed by atoms with Gasteiger partial charge in [0.25, 0.3) is 5.91 Å². The quantitative estimate of drug-likeness (QED) is 0.156. The Bertz CT molecular complexity index is 1380. The van der Waals surface area contributed by atoms with Crippen LogP contribution in [0, 0.1) is 11.8 Å². The van der Waals surface area contributed by atoms with E-state index in [1.807, 2.05) is 13.8 Å². The van der Waals surface area contributed by atoms with Crippen LogP contribution in [0.25, 0.3) is 0 Å². The smallest absolute Gasteiger partial charge is 0.407 e. The van der Waals surface area contributed by atoms with Gasteiger partial charge < -0.3 is 40.9 Å². The van der Waals surface area contributed by atoms with Crippen LogP contribution < -0.4 is 21.3 Å². The standard InChI is InChI=1S/C36H54N6O9/c1-6-13-26(31(45)33(47)37-19-28(44)39-29(34(48)41(4)5)23-14-9-7-10-15-23)38-32(46)27-18-25(43)20-42(27)35(49)30(24-16-11-8-12-17-24)40-36(50)51-21-22(2)3/h7,9-10,14-15,22,24-27,29-30,43H,6,8,11-13,16-21H2,1-5H3,(H,37,47)(H,38,46)(H,39,44)(H,40,50)/t25-,26?,27?,29+,30+/m1/s1. The van der Waals surface area contributed by atoms with E-state index in [9.17, 15) is 38.7 Å². The molecule has 15 heteroatoms. The number of amides is 6. The molecule has 2 fully saturated rings. The highest BCUT2D eigenvalue weighted by atomic mass is 16.5. The zero-order valence-corrected chi connectivity index (χ0v) is 30.3. The minimum absolute atomic E-state index is 0.0881. The van der Waals surface area contributed by atoms with Crippen LogP contribution in [0.1, 0.15) is 83.7 Å². The summed E-state index contributed by atoms with van der Waals surface area (Å²) >= 11 is 0. The summed E-state index contributed by atoms with van der Waals surface area (Å²) in [4.78, 5) is 94.6. The van der Waals surface area contributed by atoms with Gasteiger partial charge in [-0.15, -0.1) is 0 Å². The molecule has 15 nitrogen and oxygen atoms in total. The van der Waals surface area contributed by atoms with Gasteiger partial charge in [-0.2, -0.15) is 0 Å². The number of carbonyl (C=O) groups excluding carboxylic acids is 7. The van der Waals surface area contributed by atoms with Crippen LogP contribution in [0.15, 0.2) is 30.3 Å². The van der Waals surface area contributed by atoms with Crippen molar-refractivity contribution in [3.05, 3.63) is 35.9 Å².